The summed E-state index contributed by atoms with van der Waals surface area (Å²) in [6.45, 7) is 12.0. The van der Waals surface area contributed by atoms with Crippen LogP contribution in [0.5, 0.6) is 0 Å². The van der Waals surface area contributed by atoms with Crippen molar-refractivity contribution in [3.8, 4) is 0 Å². The number of hydrogen-bond acceptors (Lipinski definition) is 3. The van der Waals surface area contributed by atoms with Gasteiger partial charge in [0.2, 0.25) is 0 Å². The molecule has 2 aliphatic heterocycles. The van der Waals surface area contributed by atoms with Crippen LogP contribution in [0.4, 0.5) is 35.1 Å². The molecule has 0 radical (unpaired) electrons. The van der Waals surface area contributed by atoms with Gasteiger partial charge in [-0.2, -0.15) is 26.3 Å². The maximum atomic E-state index is 14.2. The van der Waals surface area contributed by atoms with Crippen molar-refractivity contribution < 1.29 is 44.6 Å². The van der Waals surface area contributed by atoms with Crippen LogP contribution in [-0.4, -0.2) is 37.4 Å². The average Bonchev–Trinajstić information content (AvgIpc) is 2.96. The molecule has 42 heavy (non-hydrogen) atoms. The molecule has 0 bridgehead atoms. The van der Waals surface area contributed by atoms with Crippen LogP contribution in [0.25, 0.3) is 0 Å². The first-order chi connectivity index (χ1) is 19.8. The summed E-state index contributed by atoms with van der Waals surface area (Å²) in [6.07, 6.45) is -8.53. The first-order valence-electron chi connectivity index (χ1n) is 14.6. The molecule has 0 spiro atoms. The van der Waals surface area contributed by atoms with Gasteiger partial charge in [0.25, 0.3) is 0 Å². The van der Waals surface area contributed by atoms with Crippen LogP contribution < -0.4 is 0 Å². The Kier molecular flexibility index (Phi) is 13.7. The van der Waals surface area contributed by atoms with Crippen molar-refractivity contribution in [2.45, 2.75) is 91.0 Å². The molecule has 2 aromatic carbocycles. The Morgan fingerprint density at radius 1 is 0.833 bits per heavy atom. The lowest BCUT2D eigenvalue weighted by Crippen LogP contribution is -2.43. The summed E-state index contributed by atoms with van der Waals surface area (Å²) >= 11 is 0. The van der Waals surface area contributed by atoms with Crippen molar-refractivity contribution in [2.24, 2.45) is 5.92 Å². The van der Waals surface area contributed by atoms with Crippen molar-refractivity contribution >= 4 is 0 Å². The van der Waals surface area contributed by atoms with Gasteiger partial charge < -0.3 is 14.4 Å². The fraction of sp³-hybridized carbons (Fsp3) is 0.613. The Labute approximate surface area is 243 Å². The minimum absolute atomic E-state index is 0.0616. The van der Waals surface area contributed by atoms with E-state index in [2.05, 4.69) is 4.90 Å². The van der Waals surface area contributed by atoms with Gasteiger partial charge in [-0.3, -0.25) is 0 Å². The quantitative estimate of drug-likeness (QED) is 0.304. The number of ether oxygens (including phenoxy) is 2. The largest absolute Gasteiger partial charge is 0.416 e. The predicted molar refractivity (Wildman–Crippen MR) is 146 cm³/mol. The SMILES string of the molecule is CC.CC.CC(OC1OCCC(CN2CCCCC2)C1c1ccc(F)c(F)c1)c1cc(C(F)(F)F)cc(C(F)(F)F)c1. The van der Waals surface area contributed by atoms with Crippen LogP contribution in [-0.2, 0) is 21.8 Å². The Balaban J connectivity index is 0.00000148. The third-order valence-corrected chi connectivity index (χ3v) is 7.26. The van der Waals surface area contributed by atoms with E-state index in [0.717, 1.165) is 44.5 Å². The molecule has 4 unspecified atom stereocenters. The Hall–Kier alpha value is -2.24. The zero-order valence-corrected chi connectivity index (χ0v) is 24.7. The van der Waals surface area contributed by atoms with E-state index in [0.29, 0.717) is 30.7 Å². The molecule has 2 fully saturated rings. The zero-order chi connectivity index (χ0) is 31.7. The molecule has 2 aliphatic rings. The van der Waals surface area contributed by atoms with Gasteiger partial charge in [-0.1, -0.05) is 40.2 Å². The Bertz CT molecular complexity index is 1070. The monoisotopic (exact) mass is 611 g/mol. The lowest BCUT2D eigenvalue weighted by atomic mass is 9.81. The summed E-state index contributed by atoms with van der Waals surface area (Å²) in [5.41, 5.74) is -2.81. The van der Waals surface area contributed by atoms with E-state index < -0.39 is 53.4 Å². The van der Waals surface area contributed by atoms with Gasteiger partial charge in [-0.15, -0.1) is 0 Å². The Morgan fingerprint density at radius 2 is 1.40 bits per heavy atom. The summed E-state index contributed by atoms with van der Waals surface area (Å²) in [6, 6.07) is 4.76. The molecule has 3 nitrogen and oxygen atoms in total. The highest BCUT2D eigenvalue weighted by Gasteiger charge is 2.40. The summed E-state index contributed by atoms with van der Waals surface area (Å²) in [5.74, 6) is -2.83. The molecule has 0 amide bonds. The number of halogens is 8. The highest BCUT2D eigenvalue weighted by Crippen LogP contribution is 2.42. The average molecular weight is 612 g/mol. The van der Waals surface area contributed by atoms with Gasteiger partial charge in [0.15, 0.2) is 17.9 Å². The third kappa shape index (κ3) is 9.64. The molecular weight excluding hydrogens is 570 g/mol. The molecule has 238 valence electrons. The van der Waals surface area contributed by atoms with Gasteiger partial charge in [0.05, 0.1) is 23.8 Å². The van der Waals surface area contributed by atoms with E-state index in [-0.39, 0.29) is 24.2 Å². The molecule has 0 N–H and O–H groups in total. The van der Waals surface area contributed by atoms with Crippen molar-refractivity contribution in [3.63, 3.8) is 0 Å². The minimum Gasteiger partial charge on any atom is -0.352 e. The Morgan fingerprint density at radius 3 is 1.93 bits per heavy atom. The molecule has 0 aliphatic carbocycles. The van der Waals surface area contributed by atoms with Gasteiger partial charge in [0, 0.05) is 12.5 Å². The maximum Gasteiger partial charge on any atom is 0.416 e. The van der Waals surface area contributed by atoms with Gasteiger partial charge in [-0.05, 0) is 86.7 Å². The van der Waals surface area contributed by atoms with Crippen molar-refractivity contribution in [3.05, 3.63) is 70.3 Å². The lowest BCUT2D eigenvalue weighted by Gasteiger charge is -2.42. The van der Waals surface area contributed by atoms with Crippen molar-refractivity contribution in [2.75, 3.05) is 26.2 Å². The van der Waals surface area contributed by atoms with Gasteiger partial charge in [0.1, 0.15) is 0 Å². The number of likely N-dealkylation sites (tertiary alicyclic amines) is 1. The number of benzene rings is 2. The number of alkyl halides is 6. The summed E-state index contributed by atoms with van der Waals surface area (Å²) in [5, 5.41) is 0. The standard InChI is InChI=1S/C27H29F8NO2.2C2H6/c1-16(19-11-20(26(30,31)32)14-21(12-19)27(33,34)35)38-25-24(17-5-6-22(28)23(29)13-17)18(7-10-37-25)15-36-8-3-2-4-9-36;2*1-2/h5-6,11-14,16,18,24-25H,2-4,7-10,15H2,1H3;2*1-2H3. The normalized spacial score (nSPS) is 22.4. The van der Waals surface area contributed by atoms with E-state index in [1.807, 2.05) is 27.7 Å². The van der Waals surface area contributed by atoms with Crippen molar-refractivity contribution in [1.29, 1.82) is 0 Å². The third-order valence-electron chi connectivity index (χ3n) is 7.26. The topological polar surface area (TPSA) is 21.7 Å². The first kappa shape index (κ1) is 36.0. The van der Waals surface area contributed by atoms with Gasteiger partial charge in [-0.25, -0.2) is 8.78 Å². The van der Waals surface area contributed by atoms with Crippen LogP contribution >= 0.6 is 0 Å². The van der Waals surface area contributed by atoms with E-state index in [9.17, 15) is 35.1 Å². The predicted octanol–water partition coefficient (Wildman–Crippen LogP) is 9.76. The number of rotatable bonds is 6. The van der Waals surface area contributed by atoms with Gasteiger partial charge >= 0.3 is 12.4 Å². The molecular formula is C31H41F8NO2. The molecule has 2 saturated heterocycles. The van der Waals surface area contributed by atoms with E-state index in [4.69, 9.17) is 9.47 Å². The zero-order valence-electron chi connectivity index (χ0n) is 24.7. The second kappa shape index (κ2) is 16.0. The summed E-state index contributed by atoms with van der Waals surface area (Å²) in [4.78, 5) is 2.27. The molecule has 0 saturated carbocycles. The van der Waals surface area contributed by atoms with Crippen LogP contribution in [0, 0.1) is 17.6 Å². The van der Waals surface area contributed by atoms with Crippen molar-refractivity contribution in [1.82, 2.24) is 4.90 Å². The molecule has 4 rings (SSSR count). The lowest BCUT2D eigenvalue weighted by molar-refractivity contribution is -0.210. The minimum atomic E-state index is -5.00. The van der Waals surface area contributed by atoms with Crippen LogP contribution in [0.3, 0.4) is 0 Å². The van der Waals surface area contributed by atoms with Crippen LogP contribution in [0.2, 0.25) is 0 Å². The fourth-order valence-electron chi connectivity index (χ4n) is 5.29. The second-order valence-corrected chi connectivity index (χ2v) is 9.97. The molecule has 2 heterocycles. The second-order valence-electron chi connectivity index (χ2n) is 9.97. The first-order valence-corrected chi connectivity index (χ1v) is 14.6. The van der Waals surface area contributed by atoms with E-state index in [1.54, 1.807) is 0 Å². The molecule has 4 atom stereocenters. The summed E-state index contributed by atoms with van der Waals surface area (Å²) in [7, 11) is 0. The molecule has 2 aromatic rings. The van der Waals surface area contributed by atoms with Crippen LogP contribution in [0.15, 0.2) is 36.4 Å². The molecule has 11 heteroatoms. The fourth-order valence-corrected chi connectivity index (χ4v) is 5.29. The smallest absolute Gasteiger partial charge is 0.352 e. The number of nitrogens with zero attached hydrogens (tertiary/aromatic N) is 1. The van der Waals surface area contributed by atoms with E-state index >= 15 is 0 Å². The number of hydrogen-bond donors (Lipinski definition) is 0. The maximum absolute atomic E-state index is 14.2. The van der Waals surface area contributed by atoms with E-state index in [1.165, 1.54) is 13.0 Å². The summed E-state index contributed by atoms with van der Waals surface area (Å²) < 4.78 is 120. The van der Waals surface area contributed by atoms with Crippen LogP contribution in [0.1, 0.15) is 94.6 Å². The number of piperidine rings is 1. The highest BCUT2D eigenvalue weighted by molar-refractivity contribution is 5.35. The molecule has 0 aromatic heterocycles. The highest BCUT2D eigenvalue weighted by atomic mass is 19.4.